The van der Waals surface area contributed by atoms with Gasteiger partial charge in [0, 0.05) is 6.04 Å². The number of benzene rings is 2. The number of hydrogen-bond donors (Lipinski definition) is 1. The van der Waals surface area contributed by atoms with Crippen LogP contribution in [0.5, 0.6) is 5.75 Å². The van der Waals surface area contributed by atoms with Crippen LogP contribution < -0.4 is 10.1 Å². The van der Waals surface area contributed by atoms with E-state index in [0.29, 0.717) is 27.8 Å². The Kier molecular flexibility index (Phi) is 6.89. The first-order valence-electron chi connectivity index (χ1n) is 9.90. The number of hydrogen-bond acceptors (Lipinski definition) is 6. The van der Waals surface area contributed by atoms with Crippen LogP contribution in [-0.4, -0.2) is 32.3 Å². The summed E-state index contributed by atoms with van der Waals surface area (Å²) in [5, 5.41) is 12.1. The summed E-state index contributed by atoms with van der Waals surface area (Å²) in [7, 11) is 0. The van der Waals surface area contributed by atoms with E-state index in [4.69, 9.17) is 16.3 Å². The lowest BCUT2D eigenvalue weighted by Gasteiger charge is -2.10. The van der Waals surface area contributed by atoms with Crippen molar-refractivity contribution in [1.82, 2.24) is 20.1 Å². The summed E-state index contributed by atoms with van der Waals surface area (Å²) in [5.41, 5.74) is 0.858. The van der Waals surface area contributed by atoms with Crippen molar-refractivity contribution in [3.63, 3.8) is 0 Å². The molecular weight excluding hydrogens is 436 g/mol. The second-order valence-electron chi connectivity index (χ2n) is 7.14. The molecule has 0 radical (unpaired) electrons. The molecule has 1 N–H and O–H groups in total. The summed E-state index contributed by atoms with van der Waals surface area (Å²) in [6, 6.07) is 16.9. The smallest absolute Gasteiger partial charge is 0.237 e. The van der Waals surface area contributed by atoms with E-state index in [0.717, 1.165) is 18.4 Å². The topological polar surface area (TPSA) is 86.1 Å². The van der Waals surface area contributed by atoms with E-state index in [1.807, 2.05) is 47.0 Å². The van der Waals surface area contributed by atoms with Gasteiger partial charge in [0.05, 0.1) is 17.2 Å². The zero-order valence-electron chi connectivity index (χ0n) is 16.7. The van der Waals surface area contributed by atoms with E-state index in [-0.39, 0.29) is 30.6 Å². The van der Waals surface area contributed by atoms with Gasteiger partial charge in [-0.1, -0.05) is 65.8 Å². The Balaban J connectivity index is 1.33. The fourth-order valence-corrected chi connectivity index (χ4v) is 4.07. The Morgan fingerprint density at radius 2 is 1.81 bits per heavy atom. The van der Waals surface area contributed by atoms with Crippen molar-refractivity contribution in [2.75, 3.05) is 5.75 Å². The molecule has 1 aliphatic carbocycles. The van der Waals surface area contributed by atoms with Crippen LogP contribution in [0.4, 0.5) is 0 Å². The summed E-state index contributed by atoms with van der Waals surface area (Å²) in [6.07, 6.45) is 2.23. The summed E-state index contributed by atoms with van der Waals surface area (Å²) in [5.74, 6) is 0.668. The number of carbonyl (C=O) groups excluding carboxylic acids is 2. The van der Waals surface area contributed by atoms with Gasteiger partial charge in [0.25, 0.3) is 0 Å². The Morgan fingerprint density at radius 1 is 1.06 bits per heavy atom. The van der Waals surface area contributed by atoms with Gasteiger partial charge >= 0.3 is 0 Å². The largest absolute Gasteiger partial charge is 0.484 e. The molecule has 1 aromatic heterocycles. The molecule has 0 bridgehead atoms. The highest BCUT2D eigenvalue weighted by Crippen LogP contribution is 2.39. The number of para-hydroxylation sites is 1. The van der Waals surface area contributed by atoms with Gasteiger partial charge in [-0.15, -0.1) is 10.2 Å². The first-order chi connectivity index (χ1) is 15.1. The highest BCUT2D eigenvalue weighted by Gasteiger charge is 2.30. The summed E-state index contributed by atoms with van der Waals surface area (Å²) in [4.78, 5) is 24.3. The zero-order chi connectivity index (χ0) is 21.6. The molecule has 3 aromatic rings. The third-order valence-electron chi connectivity index (χ3n) is 4.66. The number of nitrogens with one attached hydrogen (secondary N) is 1. The van der Waals surface area contributed by atoms with E-state index in [1.54, 1.807) is 12.1 Å². The number of aromatic nitrogens is 3. The Morgan fingerprint density at radius 3 is 2.55 bits per heavy atom. The van der Waals surface area contributed by atoms with Gasteiger partial charge in [-0.25, -0.2) is 0 Å². The van der Waals surface area contributed by atoms with Gasteiger partial charge in [0.1, 0.15) is 12.4 Å². The molecule has 0 aliphatic heterocycles. The monoisotopic (exact) mass is 456 g/mol. The number of rotatable bonds is 9. The normalized spacial score (nSPS) is 13.1. The van der Waals surface area contributed by atoms with Crippen molar-refractivity contribution >= 4 is 35.2 Å². The van der Waals surface area contributed by atoms with Crippen LogP contribution in [-0.2, 0) is 22.6 Å². The molecule has 1 aliphatic rings. The van der Waals surface area contributed by atoms with Crippen molar-refractivity contribution in [3.8, 4) is 5.75 Å². The predicted molar refractivity (Wildman–Crippen MR) is 118 cm³/mol. The Hall–Kier alpha value is -2.84. The fourth-order valence-electron chi connectivity index (χ4n) is 3.05. The van der Waals surface area contributed by atoms with Crippen molar-refractivity contribution in [1.29, 1.82) is 0 Å². The Bertz CT molecular complexity index is 1070. The van der Waals surface area contributed by atoms with Crippen LogP contribution in [0.2, 0.25) is 5.02 Å². The standard InChI is InChI=1S/C22H21ClN4O3S/c23-17-8-4-5-9-18(17)30-13-19-25-26-22(27(19)16-10-11-16)31-14-21(29)24-20(28)12-15-6-2-1-3-7-15/h1-9,16H,10-14H2,(H,24,28,29). The fraction of sp³-hybridized carbons (Fsp3) is 0.273. The van der Waals surface area contributed by atoms with E-state index >= 15 is 0 Å². The van der Waals surface area contributed by atoms with E-state index < -0.39 is 0 Å². The molecule has 1 saturated carbocycles. The lowest BCUT2D eigenvalue weighted by atomic mass is 10.1. The van der Waals surface area contributed by atoms with Crippen LogP contribution in [0.1, 0.15) is 30.3 Å². The predicted octanol–water partition coefficient (Wildman–Crippen LogP) is 3.82. The third kappa shape index (κ3) is 5.86. The second kappa shape index (κ2) is 9.98. The number of ether oxygens (including phenoxy) is 1. The van der Waals surface area contributed by atoms with E-state index in [9.17, 15) is 9.59 Å². The first-order valence-corrected chi connectivity index (χ1v) is 11.3. The van der Waals surface area contributed by atoms with Crippen LogP contribution in [0, 0.1) is 0 Å². The maximum absolute atomic E-state index is 12.2. The SMILES string of the molecule is O=C(CSc1nnc(COc2ccccc2Cl)n1C1CC1)NC(=O)Cc1ccccc1. The summed E-state index contributed by atoms with van der Waals surface area (Å²) >= 11 is 7.40. The lowest BCUT2D eigenvalue weighted by molar-refractivity contribution is -0.128. The highest BCUT2D eigenvalue weighted by atomic mass is 35.5. The van der Waals surface area contributed by atoms with Gasteiger partial charge in [0.15, 0.2) is 11.0 Å². The van der Waals surface area contributed by atoms with Gasteiger partial charge in [-0.3, -0.25) is 19.5 Å². The maximum Gasteiger partial charge on any atom is 0.237 e. The van der Waals surface area contributed by atoms with Gasteiger partial charge in [-0.05, 0) is 30.5 Å². The summed E-state index contributed by atoms with van der Waals surface area (Å²) in [6.45, 7) is 0.232. The minimum atomic E-state index is -0.356. The number of halogens is 1. The van der Waals surface area contributed by atoms with Crippen LogP contribution in [0.25, 0.3) is 0 Å². The number of nitrogens with zero attached hydrogens (tertiary/aromatic N) is 3. The number of carbonyl (C=O) groups is 2. The van der Waals surface area contributed by atoms with Crippen molar-refractivity contribution in [3.05, 3.63) is 71.0 Å². The molecule has 2 amide bonds. The molecule has 160 valence electrons. The number of thioether (sulfide) groups is 1. The Labute approximate surface area is 189 Å². The van der Waals surface area contributed by atoms with Crippen molar-refractivity contribution < 1.29 is 14.3 Å². The number of amides is 2. The molecule has 1 fully saturated rings. The number of imide groups is 1. The van der Waals surface area contributed by atoms with Gasteiger partial charge in [-0.2, -0.15) is 0 Å². The third-order valence-corrected chi connectivity index (χ3v) is 5.91. The second-order valence-corrected chi connectivity index (χ2v) is 8.49. The van der Waals surface area contributed by atoms with E-state index in [1.165, 1.54) is 11.8 Å². The van der Waals surface area contributed by atoms with Crippen LogP contribution in [0.15, 0.2) is 59.8 Å². The van der Waals surface area contributed by atoms with Crippen LogP contribution >= 0.6 is 23.4 Å². The molecule has 0 atom stereocenters. The van der Waals surface area contributed by atoms with E-state index in [2.05, 4.69) is 15.5 Å². The molecule has 0 saturated heterocycles. The highest BCUT2D eigenvalue weighted by molar-refractivity contribution is 7.99. The molecule has 7 nitrogen and oxygen atoms in total. The molecule has 31 heavy (non-hydrogen) atoms. The molecule has 4 rings (SSSR count). The lowest BCUT2D eigenvalue weighted by Crippen LogP contribution is -2.33. The summed E-state index contributed by atoms with van der Waals surface area (Å²) < 4.78 is 7.82. The maximum atomic E-state index is 12.2. The molecular formula is C22H21ClN4O3S. The molecule has 1 heterocycles. The molecule has 9 heteroatoms. The van der Waals surface area contributed by atoms with Gasteiger partial charge < -0.3 is 4.74 Å². The molecule has 0 unspecified atom stereocenters. The minimum Gasteiger partial charge on any atom is -0.484 e. The molecule has 2 aromatic carbocycles. The molecule has 0 spiro atoms. The quantitative estimate of drug-likeness (QED) is 0.492. The minimum absolute atomic E-state index is 0.0801. The van der Waals surface area contributed by atoms with Gasteiger partial charge in [0.2, 0.25) is 11.8 Å². The van der Waals surface area contributed by atoms with Crippen molar-refractivity contribution in [2.45, 2.75) is 37.1 Å². The zero-order valence-corrected chi connectivity index (χ0v) is 18.2. The van der Waals surface area contributed by atoms with Crippen molar-refractivity contribution in [2.24, 2.45) is 0 Å². The van der Waals surface area contributed by atoms with Crippen LogP contribution in [0.3, 0.4) is 0 Å². The average Bonchev–Trinajstić information content (AvgIpc) is 3.52. The average molecular weight is 457 g/mol. The first kappa shape index (κ1) is 21.4.